The van der Waals surface area contributed by atoms with Gasteiger partial charge in [-0.2, -0.15) is 0 Å². The summed E-state index contributed by atoms with van der Waals surface area (Å²) in [6.07, 6.45) is 2.93. The first-order chi connectivity index (χ1) is 7.78. The SMILES string of the molecule is CN(Cc1cccs1)CC1CCC(CN)O1. The molecule has 3 nitrogen and oxygen atoms in total. The molecule has 16 heavy (non-hydrogen) atoms. The molecule has 90 valence electrons. The lowest BCUT2D eigenvalue weighted by molar-refractivity contribution is 0.0308. The first kappa shape index (κ1) is 12.0. The van der Waals surface area contributed by atoms with Crippen LogP contribution in [0.3, 0.4) is 0 Å². The van der Waals surface area contributed by atoms with Gasteiger partial charge in [-0.15, -0.1) is 11.3 Å². The first-order valence-electron chi connectivity index (χ1n) is 5.84. The Kier molecular flexibility index (Phi) is 4.35. The van der Waals surface area contributed by atoms with Gasteiger partial charge in [0.25, 0.3) is 0 Å². The van der Waals surface area contributed by atoms with Crippen LogP contribution < -0.4 is 5.73 Å². The second-order valence-corrected chi connectivity index (χ2v) is 5.50. The van der Waals surface area contributed by atoms with Crippen molar-refractivity contribution in [3.8, 4) is 0 Å². The average Bonchev–Trinajstić information content (AvgIpc) is 2.89. The lowest BCUT2D eigenvalue weighted by atomic mass is 10.2. The van der Waals surface area contributed by atoms with Crippen LogP contribution in [-0.2, 0) is 11.3 Å². The highest BCUT2D eigenvalue weighted by molar-refractivity contribution is 7.09. The van der Waals surface area contributed by atoms with Crippen molar-refractivity contribution in [2.45, 2.75) is 31.6 Å². The van der Waals surface area contributed by atoms with Crippen LogP contribution in [0.25, 0.3) is 0 Å². The number of nitrogens with two attached hydrogens (primary N) is 1. The van der Waals surface area contributed by atoms with E-state index in [2.05, 4.69) is 29.5 Å². The minimum Gasteiger partial charge on any atom is -0.372 e. The molecule has 0 radical (unpaired) electrons. The normalized spacial score (nSPS) is 25.4. The Bertz CT molecular complexity index is 302. The van der Waals surface area contributed by atoms with Crippen LogP contribution in [0, 0.1) is 0 Å². The Morgan fingerprint density at radius 3 is 2.94 bits per heavy atom. The first-order valence-corrected chi connectivity index (χ1v) is 6.72. The number of likely N-dealkylation sites (N-methyl/N-ethyl adjacent to an activating group) is 1. The summed E-state index contributed by atoms with van der Waals surface area (Å²) in [4.78, 5) is 3.74. The van der Waals surface area contributed by atoms with E-state index >= 15 is 0 Å². The van der Waals surface area contributed by atoms with Crippen molar-refractivity contribution >= 4 is 11.3 Å². The summed E-state index contributed by atoms with van der Waals surface area (Å²) in [5.74, 6) is 0. The number of hydrogen-bond donors (Lipinski definition) is 1. The van der Waals surface area contributed by atoms with E-state index in [9.17, 15) is 0 Å². The summed E-state index contributed by atoms with van der Waals surface area (Å²) in [6, 6.07) is 4.28. The van der Waals surface area contributed by atoms with Crippen LogP contribution in [0.15, 0.2) is 17.5 Å². The van der Waals surface area contributed by atoms with Gasteiger partial charge in [0, 0.05) is 24.5 Å². The summed E-state index contributed by atoms with van der Waals surface area (Å²) in [5.41, 5.74) is 5.60. The monoisotopic (exact) mass is 240 g/mol. The Morgan fingerprint density at radius 2 is 2.31 bits per heavy atom. The van der Waals surface area contributed by atoms with E-state index in [-0.39, 0.29) is 0 Å². The Hall–Kier alpha value is -0.420. The minimum atomic E-state index is 0.292. The van der Waals surface area contributed by atoms with Crippen molar-refractivity contribution in [1.82, 2.24) is 4.90 Å². The van der Waals surface area contributed by atoms with Crippen LogP contribution >= 0.6 is 11.3 Å². The van der Waals surface area contributed by atoms with Gasteiger partial charge in [0.05, 0.1) is 12.2 Å². The summed E-state index contributed by atoms with van der Waals surface area (Å²) in [6.45, 7) is 2.68. The van der Waals surface area contributed by atoms with Gasteiger partial charge in [-0.1, -0.05) is 6.07 Å². The molecule has 2 heterocycles. The molecular weight excluding hydrogens is 220 g/mol. The van der Waals surface area contributed by atoms with Crippen LogP contribution in [0.1, 0.15) is 17.7 Å². The molecule has 2 rings (SSSR count). The highest BCUT2D eigenvalue weighted by Crippen LogP contribution is 2.20. The molecule has 1 fully saturated rings. The molecular formula is C12H20N2OS. The van der Waals surface area contributed by atoms with Crippen LogP contribution in [0.4, 0.5) is 0 Å². The smallest absolute Gasteiger partial charge is 0.0707 e. The van der Waals surface area contributed by atoms with Gasteiger partial charge in [-0.3, -0.25) is 4.90 Å². The lowest BCUT2D eigenvalue weighted by Crippen LogP contribution is -2.30. The molecule has 1 aromatic heterocycles. The maximum absolute atomic E-state index is 5.84. The van der Waals surface area contributed by atoms with Gasteiger partial charge in [-0.25, -0.2) is 0 Å². The molecule has 0 amide bonds. The van der Waals surface area contributed by atoms with Crippen molar-refractivity contribution in [1.29, 1.82) is 0 Å². The third-order valence-electron chi connectivity index (χ3n) is 2.98. The third kappa shape index (κ3) is 3.28. The van der Waals surface area contributed by atoms with Crippen molar-refractivity contribution in [3.05, 3.63) is 22.4 Å². The average molecular weight is 240 g/mol. The molecule has 1 aliphatic heterocycles. The lowest BCUT2D eigenvalue weighted by Gasteiger charge is -2.20. The Balaban J connectivity index is 1.73. The summed E-state index contributed by atoms with van der Waals surface area (Å²) in [7, 11) is 2.15. The van der Waals surface area contributed by atoms with Gasteiger partial charge in [0.2, 0.25) is 0 Å². The quantitative estimate of drug-likeness (QED) is 0.851. The van der Waals surface area contributed by atoms with Gasteiger partial charge < -0.3 is 10.5 Å². The number of thiophene rings is 1. The standard InChI is InChI=1S/C12H20N2OS/c1-14(9-12-3-2-6-16-12)8-11-5-4-10(7-13)15-11/h2-3,6,10-11H,4-5,7-9,13H2,1H3. The van der Waals surface area contributed by atoms with Crippen LogP contribution in [0.5, 0.6) is 0 Å². The van der Waals surface area contributed by atoms with Crippen molar-refractivity contribution in [2.75, 3.05) is 20.1 Å². The molecule has 2 atom stereocenters. The number of nitrogens with zero attached hydrogens (tertiary/aromatic N) is 1. The van der Waals surface area contributed by atoms with Gasteiger partial charge >= 0.3 is 0 Å². The predicted molar refractivity (Wildman–Crippen MR) is 67.6 cm³/mol. The fraction of sp³-hybridized carbons (Fsp3) is 0.667. The minimum absolute atomic E-state index is 0.292. The Morgan fingerprint density at radius 1 is 1.50 bits per heavy atom. The topological polar surface area (TPSA) is 38.5 Å². The summed E-state index contributed by atoms with van der Waals surface area (Å²) < 4.78 is 5.84. The summed E-state index contributed by atoms with van der Waals surface area (Å²) >= 11 is 1.81. The molecule has 0 spiro atoms. The third-order valence-corrected chi connectivity index (χ3v) is 3.84. The molecule has 1 saturated heterocycles. The van der Waals surface area contributed by atoms with E-state index in [1.807, 2.05) is 11.3 Å². The molecule has 1 aliphatic rings. The number of ether oxygens (including phenoxy) is 1. The molecule has 0 aromatic carbocycles. The zero-order valence-corrected chi connectivity index (χ0v) is 10.6. The largest absolute Gasteiger partial charge is 0.372 e. The van der Waals surface area contributed by atoms with Gasteiger partial charge in [-0.05, 0) is 31.3 Å². The fourth-order valence-corrected chi connectivity index (χ4v) is 2.95. The van der Waals surface area contributed by atoms with Crippen molar-refractivity contribution in [2.24, 2.45) is 5.73 Å². The van der Waals surface area contributed by atoms with E-state index < -0.39 is 0 Å². The fourth-order valence-electron chi connectivity index (χ4n) is 2.17. The summed E-state index contributed by atoms with van der Waals surface area (Å²) in [5, 5.41) is 2.12. The van der Waals surface area contributed by atoms with Crippen molar-refractivity contribution in [3.63, 3.8) is 0 Å². The van der Waals surface area contributed by atoms with E-state index in [1.54, 1.807) is 0 Å². The van der Waals surface area contributed by atoms with Gasteiger partial charge in [0.15, 0.2) is 0 Å². The molecule has 0 saturated carbocycles. The van der Waals surface area contributed by atoms with E-state index in [0.29, 0.717) is 18.8 Å². The number of hydrogen-bond acceptors (Lipinski definition) is 4. The van der Waals surface area contributed by atoms with E-state index in [0.717, 1.165) is 25.9 Å². The molecule has 0 aliphatic carbocycles. The highest BCUT2D eigenvalue weighted by atomic mass is 32.1. The molecule has 2 N–H and O–H groups in total. The van der Waals surface area contributed by atoms with Crippen LogP contribution in [0.2, 0.25) is 0 Å². The predicted octanol–water partition coefficient (Wildman–Crippen LogP) is 1.69. The number of rotatable bonds is 5. The van der Waals surface area contributed by atoms with E-state index in [4.69, 9.17) is 10.5 Å². The molecule has 0 bridgehead atoms. The second kappa shape index (κ2) is 5.77. The van der Waals surface area contributed by atoms with Crippen LogP contribution in [-0.4, -0.2) is 37.2 Å². The maximum atomic E-state index is 5.84. The zero-order chi connectivity index (χ0) is 11.4. The molecule has 1 aromatic rings. The van der Waals surface area contributed by atoms with E-state index in [1.165, 1.54) is 4.88 Å². The Labute approximate surface area is 101 Å². The molecule has 2 unspecified atom stereocenters. The zero-order valence-electron chi connectivity index (χ0n) is 9.76. The van der Waals surface area contributed by atoms with Gasteiger partial charge in [0.1, 0.15) is 0 Å². The van der Waals surface area contributed by atoms with Crippen molar-refractivity contribution < 1.29 is 4.74 Å². The second-order valence-electron chi connectivity index (χ2n) is 4.47. The maximum Gasteiger partial charge on any atom is 0.0707 e. The molecule has 4 heteroatoms. The highest BCUT2D eigenvalue weighted by Gasteiger charge is 2.24.